The van der Waals surface area contributed by atoms with Gasteiger partial charge >= 0.3 is 0 Å². The van der Waals surface area contributed by atoms with E-state index in [9.17, 15) is 13.2 Å². The molecule has 2 fully saturated rings. The highest BCUT2D eigenvalue weighted by Gasteiger charge is 2.29. The zero-order chi connectivity index (χ0) is 25.3. The smallest absolute Gasteiger partial charge is 0.244 e. The van der Waals surface area contributed by atoms with Crippen LogP contribution in [0.1, 0.15) is 25.0 Å². The van der Waals surface area contributed by atoms with Crippen molar-refractivity contribution in [1.29, 1.82) is 0 Å². The number of nitrogens with zero attached hydrogens (tertiary/aromatic N) is 5. The number of fused-ring (bicyclic) bond motifs is 1. The summed E-state index contributed by atoms with van der Waals surface area (Å²) in [4.78, 5) is 26.7. The number of hydrogen-bond donors (Lipinski definition) is 1. The van der Waals surface area contributed by atoms with E-state index in [-0.39, 0.29) is 18.1 Å². The van der Waals surface area contributed by atoms with E-state index in [1.54, 1.807) is 24.5 Å². The molecule has 2 aromatic heterocycles. The van der Waals surface area contributed by atoms with Crippen molar-refractivity contribution in [3.63, 3.8) is 0 Å². The molecule has 2 aromatic rings. The second-order valence-electron chi connectivity index (χ2n) is 9.39. The van der Waals surface area contributed by atoms with Crippen molar-refractivity contribution in [2.75, 3.05) is 57.5 Å². The highest BCUT2D eigenvalue weighted by molar-refractivity contribution is 7.94. The SMILES string of the molecule is CC(Nc1c(C2C=CC(S(C)(=O)=O)=CC2)nc2cnccn12)C(=O)N1CCN(CC2OCCO2)CC1. The first-order valence-electron chi connectivity index (χ1n) is 12.2. The van der Waals surface area contributed by atoms with Gasteiger partial charge in [0.25, 0.3) is 0 Å². The van der Waals surface area contributed by atoms with Gasteiger partial charge in [-0.25, -0.2) is 13.4 Å². The molecule has 3 aliphatic rings. The summed E-state index contributed by atoms with van der Waals surface area (Å²) in [7, 11) is -3.26. The minimum Gasteiger partial charge on any atom is -0.358 e. The van der Waals surface area contributed by atoms with Crippen molar-refractivity contribution >= 4 is 27.2 Å². The molecular formula is C24H32N6O5S. The number of carbonyl (C=O) groups is 1. The lowest BCUT2D eigenvalue weighted by Crippen LogP contribution is -2.53. The number of ether oxygens (including phenoxy) is 2. The lowest BCUT2D eigenvalue weighted by atomic mass is 9.97. The van der Waals surface area contributed by atoms with Crippen molar-refractivity contribution < 1.29 is 22.7 Å². The van der Waals surface area contributed by atoms with E-state index in [1.807, 2.05) is 28.5 Å². The number of allylic oxidation sites excluding steroid dienone is 3. The van der Waals surface area contributed by atoms with Gasteiger partial charge in [0, 0.05) is 57.3 Å². The van der Waals surface area contributed by atoms with Crippen LogP contribution in [0.15, 0.2) is 41.7 Å². The summed E-state index contributed by atoms with van der Waals surface area (Å²) in [5.41, 5.74) is 1.41. The van der Waals surface area contributed by atoms with Crippen molar-refractivity contribution in [2.45, 2.75) is 31.6 Å². The minimum absolute atomic E-state index is 0.0245. The third-order valence-corrected chi connectivity index (χ3v) is 7.97. The standard InChI is InChI=1S/C24H32N6O5S/c1-17(24(31)29-11-9-28(10-12-29)16-21-34-13-14-35-21)26-23-22(27-20-15-25-7-8-30(20)23)18-3-5-19(6-4-18)36(2,32)33/h3,5-8,15,17-18,21,26H,4,9-14,16H2,1-2H3. The Morgan fingerprint density at radius 3 is 2.64 bits per heavy atom. The molecule has 2 unspecified atom stereocenters. The lowest BCUT2D eigenvalue weighted by molar-refractivity contribution is -0.134. The Labute approximate surface area is 210 Å². The first-order valence-corrected chi connectivity index (χ1v) is 14.1. The number of piperazine rings is 1. The largest absolute Gasteiger partial charge is 0.358 e. The molecule has 36 heavy (non-hydrogen) atoms. The van der Waals surface area contributed by atoms with Crippen molar-refractivity contribution in [1.82, 2.24) is 24.2 Å². The first kappa shape index (κ1) is 24.9. The molecular weight excluding hydrogens is 484 g/mol. The number of carbonyl (C=O) groups excluding carboxylic acids is 1. The molecule has 5 rings (SSSR count). The summed E-state index contributed by atoms with van der Waals surface area (Å²) in [5.74, 6) is 0.619. The van der Waals surface area contributed by atoms with E-state index in [0.29, 0.717) is 49.1 Å². The summed E-state index contributed by atoms with van der Waals surface area (Å²) < 4.78 is 36.8. The van der Waals surface area contributed by atoms with Crippen molar-refractivity contribution in [2.24, 2.45) is 0 Å². The molecule has 0 aromatic carbocycles. The van der Waals surface area contributed by atoms with Crippen LogP contribution in [0, 0.1) is 0 Å². The number of hydrogen-bond acceptors (Lipinski definition) is 9. The number of aromatic nitrogens is 3. The van der Waals surface area contributed by atoms with Gasteiger partial charge < -0.3 is 19.7 Å². The monoisotopic (exact) mass is 516 g/mol. The third kappa shape index (κ3) is 5.31. The summed E-state index contributed by atoms with van der Waals surface area (Å²) in [6.07, 6.45) is 11.9. The summed E-state index contributed by atoms with van der Waals surface area (Å²) >= 11 is 0. The van der Waals surface area contributed by atoms with Crippen molar-refractivity contribution in [3.05, 3.63) is 47.4 Å². The topological polar surface area (TPSA) is 118 Å². The van der Waals surface area contributed by atoms with Gasteiger partial charge in [0.2, 0.25) is 5.91 Å². The van der Waals surface area contributed by atoms with Gasteiger partial charge in [-0.1, -0.05) is 12.2 Å². The Kier molecular flexibility index (Phi) is 7.11. The van der Waals surface area contributed by atoms with Crippen LogP contribution in [0.4, 0.5) is 5.82 Å². The van der Waals surface area contributed by atoms with Gasteiger partial charge in [0.05, 0.1) is 30.0 Å². The van der Waals surface area contributed by atoms with Gasteiger partial charge in [-0.15, -0.1) is 0 Å². The maximum Gasteiger partial charge on any atom is 0.244 e. The molecule has 11 nitrogen and oxygen atoms in total. The second-order valence-corrected chi connectivity index (χ2v) is 11.4. The van der Waals surface area contributed by atoms with E-state index in [1.165, 1.54) is 6.26 Å². The molecule has 0 spiro atoms. The molecule has 2 atom stereocenters. The molecule has 0 bridgehead atoms. The highest BCUT2D eigenvalue weighted by Crippen LogP contribution is 2.33. The molecule has 1 N–H and O–H groups in total. The fourth-order valence-corrected chi connectivity index (χ4v) is 5.55. The molecule has 0 saturated carbocycles. The zero-order valence-corrected chi connectivity index (χ0v) is 21.4. The van der Waals surface area contributed by atoms with E-state index < -0.39 is 15.9 Å². The van der Waals surface area contributed by atoms with Gasteiger partial charge in [0.15, 0.2) is 21.8 Å². The number of rotatable bonds is 7. The maximum absolute atomic E-state index is 13.3. The van der Waals surface area contributed by atoms with Crippen LogP contribution in [0.2, 0.25) is 0 Å². The van der Waals surface area contributed by atoms with Crippen LogP contribution < -0.4 is 5.32 Å². The Morgan fingerprint density at radius 1 is 1.22 bits per heavy atom. The second kappa shape index (κ2) is 10.3. The van der Waals surface area contributed by atoms with Crippen molar-refractivity contribution in [3.8, 4) is 0 Å². The fourth-order valence-electron chi connectivity index (χ4n) is 4.82. The predicted octanol–water partition coefficient (Wildman–Crippen LogP) is 1.02. The molecule has 12 heteroatoms. The third-order valence-electron chi connectivity index (χ3n) is 6.81. The normalized spacial score (nSPS) is 22.7. The maximum atomic E-state index is 13.3. The lowest BCUT2D eigenvalue weighted by Gasteiger charge is -2.36. The van der Waals surface area contributed by atoms with Gasteiger partial charge in [-0.05, 0) is 19.4 Å². The van der Waals surface area contributed by atoms with E-state index in [2.05, 4.69) is 15.2 Å². The van der Waals surface area contributed by atoms with Crippen LogP contribution in [0.25, 0.3) is 5.65 Å². The van der Waals surface area contributed by atoms with Crippen LogP contribution in [0.5, 0.6) is 0 Å². The summed E-state index contributed by atoms with van der Waals surface area (Å²) in [6.45, 7) is 6.69. The van der Waals surface area contributed by atoms with Crippen LogP contribution in [-0.2, 0) is 24.1 Å². The molecule has 1 aliphatic carbocycles. The van der Waals surface area contributed by atoms with E-state index in [4.69, 9.17) is 14.5 Å². The summed E-state index contributed by atoms with van der Waals surface area (Å²) in [6, 6.07) is -0.473. The number of nitrogens with one attached hydrogen (secondary N) is 1. The molecule has 4 heterocycles. The Hall–Kier alpha value is -2.80. The average Bonchev–Trinajstić information content (AvgIpc) is 3.52. The average molecular weight is 517 g/mol. The quantitative estimate of drug-likeness (QED) is 0.575. The molecule has 1 amide bonds. The predicted molar refractivity (Wildman–Crippen MR) is 134 cm³/mol. The molecule has 194 valence electrons. The Balaban J connectivity index is 1.28. The Bertz CT molecular complexity index is 1280. The van der Waals surface area contributed by atoms with Gasteiger partial charge in [-0.3, -0.25) is 19.1 Å². The Morgan fingerprint density at radius 2 is 1.97 bits per heavy atom. The number of amides is 1. The first-order chi connectivity index (χ1) is 17.3. The van der Waals surface area contributed by atoms with Crippen LogP contribution >= 0.6 is 0 Å². The van der Waals surface area contributed by atoms with Crippen LogP contribution in [-0.4, -0.2) is 103 Å². The summed E-state index contributed by atoms with van der Waals surface area (Å²) in [5, 5.41) is 3.39. The van der Waals surface area contributed by atoms with E-state index in [0.717, 1.165) is 25.3 Å². The fraction of sp³-hybridized carbons (Fsp3) is 0.542. The van der Waals surface area contributed by atoms with Gasteiger partial charge in [-0.2, -0.15) is 0 Å². The number of imidazole rings is 1. The number of anilines is 1. The van der Waals surface area contributed by atoms with E-state index >= 15 is 0 Å². The number of sulfone groups is 1. The zero-order valence-electron chi connectivity index (χ0n) is 20.5. The molecule has 2 aliphatic heterocycles. The molecule has 2 saturated heterocycles. The van der Waals surface area contributed by atoms with Gasteiger partial charge in [0.1, 0.15) is 11.9 Å². The minimum atomic E-state index is -3.26. The van der Waals surface area contributed by atoms with Crippen LogP contribution in [0.3, 0.4) is 0 Å². The molecule has 0 radical (unpaired) electrons. The highest BCUT2D eigenvalue weighted by atomic mass is 32.2.